The number of aliphatic hydroxyl groups excluding tert-OH is 1. The van der Waals surface area contributed by atoms with Crippen LogP contribution in [0, 0.1) is 0 Å². The maximum atomic E-state index is 11.6. The standard InChI is InChI=1S/C14H12O2.C7H5ClO.C7H8O.C2H6/c15-14(13-9-5-2-6-10-13)16-11-12-7-3-1-4-8-12;8-7(9)6-4-2-1-3-5-6;8-6-7-4-2-1-3-5-7;1-2/h1-10H,11H2;1-5H;1-5,8H,6H2;1-2H3. The van der Waals surface area contributed by atoms with Crippen LogP contribution in [-0.4, -0.2) is 16.3 Å². The molecule has 0 atom stereocenters. The summed E-state index contributed by atoms with van der Waals surface area (Å²) in [4.78, 5) is 22.0. The molecule has 0 saturated heterocycles. The summed E-state index contributed by atoms with van der Waals surface area (Å²) in [5.41, 5.74) is 3.08. The van der Waals surface area contributed by atoms with Gasteiger partial charge in [-0.25, -0.2) is 4.79 Å². The molecular formula is C30H31ClO4. The van der Waals surface area contributed by atoms with Crippen LogP contribution in [0.1, 0.15) is 45.7 Å². The second-order valence-electron chi connectivity index (χ2n) is 6.71. The van der Waals surface area contributed by atoms with E-state index in [-0.39, 0.29) is 12.6 Å². The number of esters is 1. The maximum Gasteiger partial charge on any atom is 0.338 e. The zero-order valence-electron chi connectivity index (χ0n) is 20.0. The number of benzene rings is 4. The van der Waals surface area contributed by atoms with E-state index in [2.05, 4.69) is 0 Å². The molecule has 0 unspecified atom stereocenters. The van der Waals surface area contributed by atoms with E-state index in [4.69, 9.17) is 21.4 Å². The lowest BCUT2D eigenvalue weighted by Gasteiger charge is -2.04. The van der Waals surface area contributed by atoms with E-state index < -0.39 is 5.24 Å². The van der Waals surface area contributed by atoms with Crippen molar-refractivity contribution in [1.82, 2.24) is 0 Å². The lowest BCUT2D eigenvalue weighted by molar-refractivity contribution is 0.0472. The molecule has 0 aromatic heterocycles. The van der Waals surface area contributed by atoms with E-state index >= 15 is 0 Å². The van der Waals surface area contributed by atoms with Gasteiger partial charge in [-0.1, -0.05) is 123 Å². The Balaban J connectivity index is 0.000000274. The lowest BCUT2D eigenvalue weighted by atomic mass is 10.2. The Morgan fingerprint density at radius 2 is 1.00 bits per heavy atom. The van der Waals surface area contributed by atoms with E-state index in [1.165, 1.54) is 0 Å². The Bertz CT molecular complexity index is 1070. The summed E-state index contributed by atoms with van der Waals surface area (Å²) in [5, 5.41) is 8.13. The van der Waals surface area contributed by atoms with Gasteiger partial charge >= 0.3 is 5.97 Å². The molecule has 4 aromatic carbocycles. The van der Waals surface area contributed by atoms with Gasteiger partial charge in [-0.2, -0.15) is 0 Å². The first kappa shape index (κ1) is 29.3. The number of ether oxygens (including phenoxy) is 1. The van der Waals surface area contributed by atoms with Gasteiger partial charge in [-0.05, 0) is 34.9 Å². The highest BCUT2D eigenvalue weighted by molar-refractivity contribution is 6.67. The monoisotopic (exact) mass is 490 g/mol. The molecule has 4 rings (SSSR count). The van der Waals surface area contributed by atoms with Crippen molar-refractivity contribution in [2.75, 3.05) is 0 Å². The van der Waals surface area contributed by atoms with Gasteiger partial charge in [0.15, 0.2) is 0 Å². The number of halogens is 1. The minimum Gasteiger partial charge on any atom is -0.457 e. The summed E-state index contributed by atoms with van der Waals surface area (Å²) >= 11 is 5.16. The van der Waals surface area contributed by atoms with Crippen molar-refractivity contribution in [3.8, 4) is 0 Å². The van der Waals surface area contributed by atoms with Gasteiger partial charge in [0.25, 0.3) is 5.24 Å². The number of hydrogen-bond donors (Lipinski definition) is 1. The zero-order valence-corrected chi connectivity index (χ0v) is 20.8. The molecule has 0 aliphatic carbocycles. The average Bonchev–Trinajstić information content (AvgIpc) is 2.95. The van der Waals surface area contributed by atoms with Crippen LogP contribution < -0.4 is 0 Å². The van der Waals surface area contributed by atoms with Crippen LogP contribution >= 0.6 is 11.6 Å². The SMILES string of the molecule is CC.O=C(Cl)c1ccccc1.O=C(OCc1ccccc1)c1ccccc1.OCc1ccccc1. The van der Waals surface area contributed by atoms with Gasteiger partial charge in [0, 0.05) is 5.56 Å². The molecular weight excluding hydrogens is 460 g/mol. The third-order valence-electron chi connectivity index (χ3n) is 4.25. The van der Waals surface area contributed by atoms with Crippen molar-refractivity contribution in [2.24, 2.45) is 0 Å². The lowest BCUT2D eigenvalue weighted by Crippen LogP contribution is -2.04. The molecule has 0 spiro atoms. The summed E-state index contributed by atoms with van der Waals surface area (Å²) in [6, 6.07) is 36.9. The second kappa shape index (κ2) is 18.7. The molecule has 5 heteroatoms. The predicted octanol–water partition coefficient (Wildman–Crippen LogP) is 7.31. The van der Waals surface area contributed by atoms with Crippen LogP contribution in [0.4, 0.5) is 0 Å². The minimum absolute atomic E-state index is 0.140. The Hall–Kier alpha value is -3.73. The molecule has 0 bridgehead atoms. The fraction of sp³-hybridized carbons (Fsp3) is 0.133. The highest BCUT2D eigenvalue weighted by Crippen LogP contribution is 2.05. The molecule has 0 fully saturated rings. The van der Waals surface area contributed by atoms with Crippen LogP contribution in [0.2, 0.25) is 0 Å². The first-order chi connectivity index (χ1) is 17.1. The van der Waals surface area contributed by atoms with Crippen LogP contribution in [0.3, 0.4) is 0 Å². The van der Waals surface area contributed by atoms with Gasteiger partial charge in [0.1, 0.15) is 6.61 Å². The molecule has 0 heterocycles. The highest BCUT2D eigenvalue weighted by atomic mass is 35.5. The smallest absolute Gasteiger partial charge is 0.338 e. The molecule has 182 valence electrons. The summed E-state index contributed by atoms with van der Waals surface area (Å²) in [7, 11) is 0. The molecule has 0 radical (unpaired) electrons. The van der Waals surface area contributed by atoms with E-state index in [1.807, 2.05) is 98.8 Å². The van der Waals surface area contributed by atoms with Crippen molar-refractivity contribution < 1.29 is 19.4 Å². The first-order valence-electron chi connectivity index (χ1n) is 11.3. The average molecular weight is 491 g/mol. The third-order valence-corrected chi connectivity index (χ3v) is 4.47. The first-order valence-corrected chi connectivity index (χ1v) is 11.6. The Kier molecular flexibility index (Phi) is 15.6. The van der Waals surface area contributed by atoms with E-state index in [0.29, 0.717) is 17.7 Å². The topological polar surface area (TPSA) is 63.6 Å². The number of carbonyl (C=O) groups is 2. The molecule has 4 aromatic rings. The van der Waals surface area contributed by atoms with Crippen molar-refractivity contribution in [2.45, 2.75) is 27.1 Å². The largest absolute Gasteiger partial charge is 0.457 e. The molecule has 0 amide bonds. The van der Waals surface area contributed by atoms with Crippen molar-refractivity contribution in [3.63, 3.8) is 0 Å². The maximum absolute atomic E-state index is 11.6. The zero-order chi connectivity index (χ0) is 25.7. The van der Waals surface area contributed by atoms with Crippen LogP contribution in [-0.2, 0) is 18.0 Å². The van der Waals surface area contributed by atoms with Gasteiger partial charge in [0.05, 0.1) is 12.2 Å². The predicted molar refractivity (Wildman–Crippen MR) is 142 cm³/mol. The van der Waals surface area contributed by atoms with Crippen LogP contribution in [0.25, 0.3) is 0 Å². The van der Waals surface area contributed by atoms with E-state index in [9.17, 15) is 9.59 Å². The van der Waals surface area contributed by atoms with Gasteiger partial charge in [-0.3, -0.25) is 4.79 Å². The highest BCUT2D eigenvalue weighted by Gasteiger charge is 2.05. The molecule has 1 N–H and O–H groups in total. The molecule has 0 aliphatic heterocycles. The quantitative estimate of drug-likeness (QED) is 0.235. The molecule has 0 saturated carbocycles. The molecule has 4 nitrogen and oxygen atoms in total. The number of hydrogen-bond acceptors (Lipinski definition) is 4. The Morgan fingerprint density at radius 1 is 0.629 bits per heavy atom. The number of carbonyl (C=O) groups excluding carboxylic acids is 2. The number of aliphatic hydroxyl groups is 1. The Morgan fingerprint density at radius 3 is 1.34 bits per heavy atom. The summed E-state index contributed by atoms with van der Waals surface area (Å²) < 4.78 is 5.18. The number of rotatable bonds is 5. The summed E-state index contributed by atoms with van der Waals surface area (Å²) in [5.74, 6) is -0.288. The normalized spacial score (nSPS) is 9.03. The second-order valence-corrected chi connectivity index (χ2v) is 7.05. The fourth-order valence-corrected chi connectivity index (χ4v) is 2.66. The van der Waals surface area contributed by atoms with Crippen molar-refractivity contribution in [1.29, 1.82) is 0 Å². The van der Waals surface area contributed by atoms with Gasteiger partial charge < -0.3 is 9.84 Å². The van der Waals surface area contributed by atoms with Gasteiger partial charge in [-0.15, -0.1) is 0 Å². The van der Waals surface area contributed by atoms with Crippen molar-refractivity contribution >= 4 is 22.8 Å². The summed E-state index contributed by atoms with van der Waals surface area (Å²) in [6.45, 7) is 4.45. The third kappa shape index (κ3) is 12.9. The van der Waals surface area contributed by atoms with E-state index in [1.54, 1.807) is 36.4 Å². The Labute approximate surface area is 212 Å². The van der Waals surface area contributed by atoms with Crippen LogP contribution in [0.15, 0.2) is 121 Å². The molecule has 0 aliphatic rings. The fourth-order valence-electron chi connectivity index (χ4n) is 2.53. The summed E-state index contributed by atoms with van der Waals surface area (Å²) in [6.07, 6.45) is 0. The van der Waals surface area contributed by atoms with Crippen molar-refractivity contribution in [3.05, 3.63) is 144 Å². The van der Waals surface area contributed by atoms with Crippen LogP contribution in [0.5, 0.6) is 0 Å². The van der Waals surface area contributed by atoms with E-state index in [0.717, 1.165) is 11.1 Å². The molecule has 35 heavy (non-hydrogen) atoms. The minimum atomic E-state index is -0.407. The van der Waals surface area contributed by atoms with Gasteiger partial charge in [0.2, 0.25) is 0 Å².